The highest BCUT2D eigenvalue weighted by Gasteiger charge is 2.40. The molecule has 2 rings (SSSR count). The second-order valence-electron chi connectivity index (χ2n) is 5.15. The molecule has 3 heteroatoms. The van der Waals surface area contributed by atoms with Gasteiger partial charge in [0.05, 0.1) is 20.3 Å². The van der Waals surface area contributed by atoms with Gasteiger partial charge in [-0.05, 0) is 37.5 Å². The predicted octanol–water partition coefficient (Wildman–Crippen LogP) is 3.67. The summed E-state index contributed by atoms with van der Waals surface area (Å²) in [6.07, 6.45) is 0. The average Bonchev–Trinajstić information content (AvgIpc) is 2.28. The van der Waals surface area contributed by atoms with Crippen molar-refractivity contribution in [2.45, 2.75) is 33.1 Å². The SMILES string of the molecule is COc1c(C)c(C)c(Br)c(C)c1C1(C)COC1. The molecule has 0 saturated carbocycles. The molecule has 1 aliphatic rings. The third-order valence-corrected chi connectivity index (χ3v) is 5.00. The van der Waals surface area contributed by atoms with Gasteiger partial charge in [-0.15, -0.1) is 0 Å². The van der Waals surface area contributed by atoms with Crippen molar-refractivity contribution >= 4 is 15.9 Å². The zero-order valence-electron chi connectivity index (χ0n) is 11.1. The summed E-state index contributed by atoms with van der Waals surface area (Å²) < 4.78 is 12.2. The molecule has 0 aromatic heterocycles. The maximum atomic E-state index is 5.64. The minimum absolute atomic E-state index is 0.0937. The van der Waals surface area contributed by atoms with Gasteiger partial charge in [-0.1, -0.05) is 22.9 Å². The molecule has 1 aromatic carbocycles. The molecule has 0 amide bonds. The van der Waals surface area contributed by atoms with Crippen LogP contribution in [0.4, 0.5) is 0 Å². The summed E-state index contributed by atoms with van der Waals surface area (Å²) in [5.74, 6) is 1.02. The Kier molecular flexibility index (Phi) is 3.25. The van der Waals surface area contributed by atoms with Crippen LogP contribution in [0.1, 0.15) is 29.2 Å². The molecule has 0 aliphatic carbocycles. The summed E-state index contributed by atoms with van der Waals surface area (Å²) in [6, 6.07) is 0. The number of ether oxygens (including phenoxy) is 2. The van der Waals surface area contributed by atoms with Crippen LogP contribution >= 0.6 is 15.9 Å². The van der Waals surface area contributed by atoms with Crippen molar-refractivity contribution in [3.8, 4) is 5.75 Å². The smallest absolute Gasteiger partial charge is 0.126 e. The van der Waals surface area contributed by atoms with Crippen molar-refractivity contribution < 1.29 is 9.47 Å². The number of hydrogen-bond donors (Lipinski definition) is 0. The Morgan fingerprint density at radius 1 is 1.12 bits per heavy atom. The number of methoxy groups -OCH3 is 1. The third kappa shape index (κ3) is 1.80. The Hall–Kier alpha value is -0.540. The molecule has 1 heterocycles. The van der Waals surface area contributed by atoms with Crippen molar-refractivity contribution in [3.05, 3.63) is 26.7 Å². The van der Waals surface area contributed by atoms with E-state index in [1.54, 1.807) is 7.11 Å². The van der Waals surface area contributed by atoms with E-state index >= 15 is 0 Å². The van der Waals surface area contributed by atoms with Crippen molar-refractivity contribution in [2.75, 3.05) is 20.3 Å². The predicted molar refractivity (Wildman–Crippen MR) is 73.1 cm³/mol. The van der Waals surface area contributed by atoms with Gasteiger partial charge in [0.1, 0.15) is 5.75 Å². The Labute approximate surface area is 111 Å². The molecule has 1 saturated heterocycles. The molecule has 94 valence electrons. The number of hydrogen-bond acceptors (Lipinski definition) is 2. The number of benzene rings is 1. The Bertz CT molecular complexity index is 462. The number of halogens is 1. The van der Waals surface area contributed by atoms with Gasteiger partial charge in [0.2, 0.25) is 0 Å². The van der Waals surface area contributed by atoms with E-state index < -0.39 is 0 Å². The molecule has 0 spiro atoms. The van der Waals surface area contributed by atoms with E-state index in [9.17, 15) is 0 Å². The standard InChI is InChI=1S/C14H19BrO2/c1-8-9(2)13(16-5)11(10(3)12(8)15)14(4)6-17-7-14/h6-7H2,1-5H3. The molecular weight excluding hydrogens is 280 g/mol. The summed E-state index contributed by atoms with van der Waals surface area (Å²) in [5.41, 5.74) is 5.13. The average molecular weight is 299 g/mol. The lowest BCUT2D eigenvalue weighted by Gasteiger charge is -2.41. The van der Waals surface area contributed by atoms with Gasteiger partial charge in [0, 0.05) is 15.5 Å². The molecule has 1 aromatic rings. The van der Waals surface area contributed by atoms with Crippen LogP contribution in [0, 0.1) is 20.8 Å². The van der Waals surface area contributed by atoms with Crippen molar-refractivity contribution in [3.63, 3.8) is 0 Å². The Morgan fingerprint density at radius 3 is 2.12 bits per heavy atom. The van der Waals surface area contributed by atoms with Crippen LogP contribution in [0.25, 0.3) is 0 Å². The largest absolute Gasteiger partial charge is 0.496 e. The summed E-state index contributed by atoms with van der Waals surface area (Å²) in [7, 11) is 1.75. The van der Waals surface area contributed by atoms with Crippen LogP contribution in [-0.2, 0) is 10.2 Å². The van der Waals surface area contributed by atoms with Gasteiger partial charge >= 0.3 is 0 Å². The molecule has 17 heavy (non-hydrogen) atoms. The van der Waals surface area contributed by atoms with E-state index in [4.69, 9.17) is 9.47 Å². The van der Waals surface area contributed by atoms with Crippen molar-refractivity contribution in [1.29, 1.82) is 0 Å². The molecule has 0 unspecified atom stereocenters. The van der Waals surface area contributed by atoms with Gasteiger partial charge in [-0.2, -0.15) is 0 Å². The van der Waals surface area contributed by atoms with Crippen molar-refractivity contribution in [1.82, 2.24) is 0 Å². The van der Waals surface area contributed by atoms with Gasteiger partial charge in [0.15, 0.2) is 0 Å². The van der Waals surface area contributed by atoms with E-state index in [2.05, 4.69) is 43.6 Å². The lowest BCUT2D eigenvalue weighted by atomic mass is 9.76. The summed E-state index contributed by atoms with van der Waals surface area (Å²) in [4.78, 5) is 0. The van der Waals surface area contributed by atoms with Crippen LogP contribution in [-0.4, -0.2) is 20.3 Å². The van der Waals surface area contributed by atoms with Crippen LogP contribution in [0.3, 0.4) is 0 Å². The maximum Gasteiger partial charge on any atom is 0.126 e. The fourth-order valence-corrected chi connectivity index (χ4v) is 3.11. The molecule has 0 N–H and O–H groups in total. The third-order valence-electron chi connectivity index (χ3n) is 3.81. The first kappa shape index (κ1) is 12.9. The normalized spacial score (nSPS) is 17.8. The second kappa shape index (κ2) is 4.29. The Balaban J connectivity index is 2.72. The van der Waals surface area contributed by atoms with E-state index in [-0.39, 0.29) is 5.41 Å². The molecule has 0 radical (unpaired) electrons. The van der Waals surface area contributed by atoms with E-state index in [0.717, 1.165) is 19.0 Å². The number of rotatable bonds is 2. The summed E-state index contributed by atoms with van der Waals surface area (Å²) in [6.45, 7) is 10.2. The van der Waals surface area contributed by atoms with Gasteiger partial charge < -0.3 is 9.47 Å². The highest BCUT2D eigenvalue weighted by atomic mass is 79.9. The minimum Gasteiger partial charge on any atom is -0.496 e. The monoisotopic (exact) mass is 298 g/mol. The summed E-state index contributed by atoms with van der Waals surface area (Å²) >= 11 is 3.69. The molecular formula is C14H19BrO2. The van der Waals surface area contributed by atoms with E-state index in [1.165, 1.54) is 26.7 Å². The van der Waals surface area contributed by atoms with Crippen molar-refractivity contribution in [2.24, 2.45) is 0 Å². The molecule has 0 atom stereocenters. The van der Waals surface area contributed by atoms with Crippen LogP contribution in [0.15, 0.2) is 4.47 Å². The first-order valence-corrected chi connectivity index (χ1v) is 6.63. The zero-order valence-corrected chi connectivity index (χ0v) is 12.7. The van der Waals surface area contributed by atoms with E-state index in [1.807, 2.05) is 0 Å². The second-order valence-corrected chi connectivity index (χ2v) is 5.94. The first-order valence-electron chi connectivity index (χ1n) is 5.84. The van der Waals surface area contributed by atoms with Gasteiger partial charge in [-0.25, -0.2) is 0 Å². The zero-order chi connectivity index (χ0) is 12.8. The minimum atomic E-state index is 0.0937. The molecule has 1 aliphatic heterocycles. The Morgan fingerprint density at radius 2 is 1.71 bits per heavy atom. The maximum absolute atomic E-state index is 5.64. The van der Waals surface area contributed by atoms with Gasteiger partial charge in [0.25, 0.3) is 0 Å². The topological polar surface area (TPSA) is 18.5 Å². The molecule has 0 bridgehead atoms. The molecule has 2 nitrogen and oxygen atoms in total. The highest BCUT2D eigenvalue weighted by molar-refractivity contribution is 9.10. The summed E-state index contributed by atoms with van der Waals surface area (Å²) in [5, 5.41) is 0. The lowest BCUT2D eigenvalue weighted by molar-refractivity contribution is -0.0512. The fourth-order valence-electron chi connectivity index (χ4n) is 2.62. The van der Waals surface area contributed by atoms with Gasteiger partial charge in [-0.3, -0.25) is 0 Å². The highest BCUT2D eigenvalue weighted by Crippen LogP contribution is 2.45. The van der Waals surface area contributed by atoms with E-state index in [0.29, 0.717) is 0 Å². The van der Waals surface area contributed by atoms with Crippen LogP contribution in [0.2, 0.25) is 0 Å². The first-order chi connectivity index (χ1) is 7.92. The van der Waals surface area contributed by atoms with Crippen LogP contribution < -0.4 is 4.74 Å². The molecule has 1 fully saturated rings. The quantitative estimate of drug-likeness (QED) is 0.829. The van der Waals surface area contributed by atoms with Crippen LogP contribution in [0.5, 0.6) is 5.75 Å². The lowest BCUT2D eigenvalue weighted by Crippen LogP contribution is -2.44. The fraction of sp³-hybridized carbons (Fsp3) is 0.571.